The molecule has 0 saturated carbocycles. The predicted molar refractivity (Wildman–Crippen MR) is 97.8 cm³/mol. The van der Waals surface area contributed by atoms with Gasteiger partial charge < -0.3 is 14.8 Å². The number of aromatic nitrogens is 1. The Labute approximate surface area is 155 Å². The second-order valence-corrected chi connectivity index (χ2v) is 6.65. The molecule has 138 valence electrons. The number of nitrogens with one attached hydrogen (secondary N) is 1. The number of rotatable bonds is 6. The Morgan fingerprint density at radius 1 is 1.27 bits per heavy atom. The van der Waals surface area contributed by atoms with Crippen LogP contribution in [0.25, 0.3) is 0 Å². The van der Waals surface area contributed by atoms with Crippen molar-refractivity contribution in [1.82, 2.24) is 4.98 Å². The van der Waals surface area contributed by atoms with E-state index in [0.29, 0.717) is 11.1 Å². The Hall–Kier alpha value is -2.74. The highest BCUT2D eigenvalue weighted by molar-refractivity contribution is 7.18. The molecule has 2 aromatic heterocycles. The Bertz CT molecular complexity index is 814. The molecule has 0 unspecified atom stereocenters. The molecule has 1 N–H and O–H groups in total. The van der Waals surface area contributed by atoms with Gasteiger partial charge in [0.2, 0.25) is 0 Å². The van der Waals surface area contributed by atoms with Crippen LogP contribution in [0.4, 0.5) is 5.00 Å². The molecule has 0 aliphatic heterocycles. The molecular weight excluding hydrogens is 356 g/mol. The zero-order valence-electron chi connectivity index (χ0n) is 15.0. The van der Waals surface area contributed by atoms with Crippen molar-refractivity contribution in [1.29, 1.82) is 0 Å². The van der Waals surface area contributed by atoms with Crippen LogP contribution < -0.4 is 5.32 Å². The van der Waals surface area contributed by atoms with E-state index in [2.05, 4.69) is 10.3 Å². The molecule has 2 rings (SSSR count). The number of pyridine rings is 1. The van der Waals surface area contributed by atoms with Gasteiger partial charge in [-0.25, -0.2) is 9.59 Å². The molecule has 1 amide bonds. The zero-order valence-corrected chi connectivity index (χ0v) is 15.8. The third-order valence-electron chi connectivity index (χ3n) is 3.31. The van der Waals surface area contributed by atoms with Crippen LogP contribution in [0.15, 0.2) is 24.5 Å². The first-order valence-electron chi connectivity index (χ1n) is 8.08. The summed E-state index contributed by atoms with van der Waals surface area (Å²) in [5, 5.41) is 2.91. The molecule has 0 fully saturated rings. The van der Waals surface area contributed by atoms with Crippen molar-refractivity contribution in [2.24, 2.45) is 0 Å². The van der Waals surface area contributed by atoms with Gasteiger partial charge in [0.1, 0.15) is 9.88 Å². The van der Waals surface area contributed by atoms with E-state index in [9.17, 15) is 14.4 Å². The van der Waals surface area contributed by atoms with Crippen molar-refractivity contribution >= 4 is 34.2 Å². The highest BCUT2D eigenvalue weighted by Gasteiger charge is 2.28. The van der Waals surface area contributed by atoms with E-state index in [0.717, 1.165) is 11.3 Å². The van der Waals surface area contributed by atoms with Gasteiger partial charge in [-0.1, -0.05) is 0 Å². The Balaban J connectivity index is 2.41. The van der Waals surface area contributed by atoms with E-state index in [1.54, 1.807) is 46.0 Å². The first-order chi connectivity index (χ1) is 12.3. The van der Waals surface area contributed by atoms with Crippen LogP contribution in [0, 0.1) is 6.92 Å². The van der Waals surface area contributed by atoms with Crippen LogP contribution >= 0.6 is 11.3 Å². The van der Waals surface area contributed by atoms with Gasteiger partial charge in [0.25, 0.3) is 5.91 Å². The van der Waals surface area contributed by atoms with Crippen molar-refractivity contribution in [2.75, 3.05) is 11.9 Å². The minimum Gasteiger partial charge on any atom is -0.462 e. The molecule has 0 aliphatic carbocycles. The molecule has 2 heterocycles. The number of ether oxygens (including phenoxy) is 2. The first kappa shape index (κ1) is 19.6. The summed E-state index contributed by atoms with van der Waals surface area (Å²) in [6.45, 7) is 6.95. The molecule has 0 atom stereocenters. The average molecular weight is 376 g/mol. The summed E-state index contributed by atoms with van der Waals surface area (Å²) in [5.74, 6) is -1.59. The van der Waals surface area contributed by atoms with Crippen LogP contribution in [0.1, 0.15) is 56.7 Å². The van der Waals surface area contributed by atoms with Crippen molar-refractivity contribution in [2.45, 2.75) is 33.8 Å². The van der Waals surface area contributed by atoms with E-state index < -0.39 is 17.8 Å². The van der Waals surface area contributed by atoms with Crippen LogP contribution in [0.2, 0.25) is 0 Å². The van der Waals surface area contributed by atoms with Gasteiger partial charge in [0, 0.05) is 12.4 Å². The van der Waals surface area contributed by atoms with Gasteiger partial charge >= 0.3 is 11.9 Å². The summed E-state index contributed by atoms with van der Waals surface area (Å²) >= 11 is 0.986. The smallest absolute Gasteiger partial charge is 0.348 e. The van der Waals surface area contributed by atoms with Gasteiger partial charge in [-0.3, -0.25) is 9.78 Å². The quantitative estimate of drug-likeness (QED) is 0.776. The van der Waals surface area contributed by atoms with Gasteiger partial charge in [0.15, 0.2) is 0 Å². The fourth-order valence-electron chi connectivity index (χ4n) is 2.19. The fraction of sp³-hybridized carbons (Fsp3) is 0.333. The third-order valence-corrected chi connectivity index (χ3v) is 4.49. The van der Waals surface area contributed by atoms with E-state index >= 15 is 0 Å². The van der Waals surface area contributed by atoms with Crippen LogP contribution in [-0.2, 0) is 9.47 Å². The molecule has 0 saturated heterocycles. The monoisotopic (exact) mass is 376 g/mol. The number of thiophene rings is 1. The molecule has 26 heavy (non-hydrogen) atoms. The Morgan fingerprint density at radius 3 is 2.58 bits per heavy atom. The molecule has 8 heteroatoms. The van der Waals surface area contributed by atoms with Crippen LogP contribution in [-0.4, -0.2) is 35.5 Å². The first-order valence-corrected chi connectivity index (χ1v) is 8.89. The van der Waals surface area contributed by atoms with E-state index in [-0.39, 0.29) is 28.2 Å². The fourth-order valence-corrected chi connectivity index (χ4v) is 3.26. The second-order valence-electron chi connectivity index (χ2n) is 5.63. The van der Waals surface area contributed by atoms with E-state index in [1.807, 2.05) is 0 Å². The lowest BCUT2D eigenvalue weighted by Crippen LogP contribution is -2.15. The molecular formula is C18H20N2O5S. The average Bonchev–Trinajstić information content (AvgIpc) is 2.91. The van der Waals surface area contributed by atoms with Crippen LogP contribution in [0.3, 0.4) is 0 Å². The normalized spacial score (nSPS) is 10.5. The summed E-state index contributed by atoms with van der Waals surface area (Å²) < 4.78 is 10.3. The highest BCUT2D eigenvalue weighted by Crippen LogP contribution is 2.34. The summed E-state index contributed by atoms with van der Waals surface area (Å²) in [6, 6.07) is 3.23. The summed E-state index contributed by atoms with van der Waals surface area (Å²) in [6.07, 6.45) is 2.66. The van der Waals surface area contributed by atoms with Gasteiger partial charge in [0.05, 0.1) is 23.8 Å². The highest BCUT2D eigenvalue weighted by atomic mass is 32.1. The number of hydrogen-bond donors (Lipinski definition) is 1. The Morgan fingerprint density at radius 2 is 2.00 bits per heavy atom. The van der Waals surface area contributed by atoms with Crippen molar-refractivity contribution < 1.29 is 23.9 Å². The van der Waals surface area contributed by atoms with Gasteiger partial charge in [-0.15, -0.1) is 11.3 Å². The maximum absolute atomic E-state index is 12.4. The molecule has 0 aromatic carbocycles. The lowest BCUT2D eigenvalue weighted by molar-refractivity contribution is 0.0383. The van der Waals surface area contributed by atoms with Crippen LogP contribution in [0.5, 0.6) is 0 Å². The van der Waals surface area contributed by atoms with Crippen molar-refractivity contribution in [3.8, 4) is 0 Å². The minimum atomic E-state index is -0.605. The predicted octanol–water partition coefficient (Wildman–Crippen LogP) is 3.45. The number of carbonyl (C=O) groups excluding carboxylic acids is 3. The molecule has 7 nitrogen and oxygen atoms in total. The van der Waals surface area contributed by atoms with E-state index in [4.69, 9.17) is 9.47 Å². The maximum Gasteiger partial charge on any atom is 0.348 e. The number of anilines is 1. The minimum absolute atomic E-state index is 0.157. The second kappa shape index (κ2) is 8.57. The molecule has 2 aromatic rings. The lowest BCUT2D eigenvalue weighted by Gasteiger charge is -2.07. The lowest BCUT2D eigenvalue weighted by atomic mass is 10.1. The SMILES string of the molecule is CCOC(=O)c1c(NC(=O)c2cccnc2)sc(C(=O)OC(C)C)c1C. The summed E-state index contributed by atoms with van der Waals surface area (Å²) in [5.41, 5.74) is 0.907. The number of hydrogen-bond acceptors (Lipinski definition) is 7. The van der Waals surface area contributed by atoms with Gasteiger partial charge in [-0.2, -0.15) is 0 Å². The standard InChI is InChI=1S/C18H20N2O5S/c1-5-24-17(22)13-11(4)14(18(23)25-10(2)3)26-16(13)20-15(21)12-7-6-8-19-9-12/h6-10H,5H2,1-4H3,(H,20,21). The molecule has 0 aliphatic rings. The number of amides is 1. The maximum atomic E-state index is 12.4. The number of esters is 2. The van der Waals surface area contributed by atoms with Gasteiger partial charge in [-0.05, 0) is 45.4 Å². The van der Waals surface area contributed by atoms with Crippen molar-refractivity contribution in [3.05, 3.63) is 46.1 Å². The number of nitrogens with zero attached hydrogens (tertiary/aromatic N) is 1. The largest absolute Gasteiger partial charge is 0.462 e. The topological polar surface area (TPSA) is 94.6 Å². The molecule has 0 bridgehead atoms. The Kier molecular flexibility index (Phi) is 6.46. The van der Waals surface area contributed by atoms with E-state index in [1.165, 1.54) is 6.20 Å². The number of carbonyl (C=O) groups is 3. The molecule has 0 spiro atoms. The van der Waals surface area contributed by atoms with Crippen molar-refractivity contribution in [3.63, 3.8) is 0 Å². The summed E-state index contributed by atoms with van der Waals surface area (Å²) in [4.78, 5) is 41.2. The summed E-state index contributed by atoms with van der Waals surface area (Å²) in [7, 11) is 0. The third kappa shape index (κ3) is 4.45. The zero-order chi connectivity index (χ0) is 19.3. The molecule has 0 radical (unpaired) electrons.